The molecule has 1 aromatic heterocycles. The molecule has 1 atom stereocenters. The van der Waals surface area contributed by atoms with Crippen molar-refractivity contribution < 1.29 is 5.11 Å². The molecule has 2 aromatic rings. The number of nitrogens with two attached hydrogens (primary N) is 1. The van der Waals surface area contributed by atoms with E-state index in [9.17, 15) is 0 Å². The highest BCUT2D eigenvalue weighted by molar-refractivity contribution is 7.16. The third-order valence-corrected chi connectivity index (χ3v) is 3.50. The van der Waals surface area contributed by atoms with Gasteiger partial charge in [-0.05, 0) is 24.3 Å². The van der Waals surface area contributed by atoms with Gasteiger partial charge in [-0.25, -0.2) is 0 Å². The second kappa shape index (κ2) is 11.3. The summed E-state index contributed by atoms with van der Waals surface area (Å²) in [5.41, 5.74) is 5.51. The van der Waals surface area contributed by atoms with E-state index in [0.717, 1.165) is 9.90 Å². The van der Waals surface area contributed by atoms with Crippen molar-refractivity contribution in [2.45, 2.75) is 19.9 Å². The smallest absolute Gasteiger partial charge is 0.0931 e. The number of aliphatic hydroxyl groups is 1. The quantitative estimate of drug-likeness (QED) is 0.838. The molecule has 0 aliphatic heterocycles. The number of aliphatic hydroxyl groups excluding tert-OH is 1. The van der Waals surface area contributed by atoms with Crippen LogP contribution in [0.2, 0.25) is 9.36 Å². The molecule has 0 amide bonds. The lowest BCUT2D eigenvalue weighted by molar-refractivity contribution is 0.269. The lowest BCUT2D eigenvalue weighted by Crippen LogP contribution is -2.12. The second-order valence-corrected chi connectivity index (χ2v) is 5.41. The van der Waals surface area contributed by atoms with Crippen LogP contribution in [-0.4, -0.2) is 11.7 Å². The van der Waals surface area contributed by atoms with Crippen LogP contribution < -0.4 is 5.73 Å². The van der Waals surface area contributed by atoms with E-state index in [0.29, 0.717) is 4.34 Å². The standard InChI is InChI=1S/C6H8ClNOS.C6H5Cl.C2H6/c7-6-2-1-5(10-6)4(8)3-9;7-6-4-2-1-3-5-6;1-2/h1-2,4,9H,3,8H2;1-5H;1-2H3. The molecule has 0 bridgehead atoms. The third-order valence-electron chi connectivity index (χ3n) is 1.89. The topological polar surface area (TPSA) is 46.2 Å². The fourth-order valence-electron chi connectivity index (χ4n) is 1.03. The summed E-state index contributed by atoms with van der Waals surface area (Å²) in [4.78, 5) is 0.924. The number of hydrogen-bond donors (Lipinski definition) is 2. The summed E-state index contributed by atoms with van der Waals surface area (Å²) in [5.74, 6) is 0. The van der Waals surface area contributed by atoms with Crippen molar-refractivity contribution in [2.24, 2.45) is 5.73 Å². The van der Waals surface area contributed by atoms with E-state index in [4.69, 9.17) is 34.0 Å². The number of rotatable bonds is 2. The number of halogens is 2. The Kier molecular flexibility index (Phi) is 10.9. The van der Waals surface area contributed by atoms with Crippen LogP contribution in [-0.2, 0) is 0 Å². The number of hydrogen-bond acceptors (Lipinski definition) is 3. The van der Waals surface area contributed by atoms with Crippen LogP contribution in [0, 0.1) is 0 Å². The highest BCUT2D eigenvalue weighted by Crippen LogP contribution is 2.25. The van der Waals surface area contributed by atoms with E-state index in [-0.39, 0.29) is 12.6 Å². The van der Waals surface area contributed by atoms with Gasteiger partial charge in [0.05, 0.1) is 17.0 Å². The van der Waals surface area contributed by atoms with Gasteiger partial charge in [0.2, 0.25) is 0 Å². The zero-order chi connectivity index (χ0) is 14.7. The molecular formula is C14H19Cl2NOS. The molecule has 0 radical (unpaired) electrons. The minimum absolute atomic E-state index is 0.0309. The summed E-state index contributed by atoms with van der Waals surface area (Å²) in [6.07, 6.45) is 0. The van der Waals surface area contributed by atoms with Gasteiger partial charge < -0.3 is 10.8 Å². The summed E-state index contributed by atoms with van der Waals surface area (Å²) in [5, 5.41) is 9.43. The van der Waals surface area contributed by atoms with Crippen LogP contribution in [0.25, 0.3) is 0 Å². The first kappa shape index (κ1) is 18.4. The Morgan fingerprint density at radius 1 is 1.11 bits per heavy atom. The van der Waals surface area contributed by atoms with Gasteiger partial charge in [-0.15, -0.1) is 11.3 Å². The molecule has 106 valence electrons. The van der Waals surface area contributed by atoms with Crippen LogP contribution in [0.15, 0.2) is 42.5 Å². The fourth-order valence-corrected chi connectivity index (χ4v) is 2.23. The maximum atomic E-state index is 8.64. The Hall–Kier alpha value is -0.580. The van der Waals surface area contributed by atoms with Crippen molar-refractivity contribution in [3.05, 3.63) is 56.7 Å². The van der Waals surface area contributed by atoms with Gasteiger partial charge in [-0.1, -0.05) is 55.2 Å². The van der Waals surface area contributed by atoms with Crippen molar-refractivity contribution in [3.8, 4) is 0 Å². The minimum Gasteiger partial charge on any atom is -0.394 e. The molecule has 2 nitrogen and oxygen atoms in total. The van der Waals surface area contributed by atoms with Crippen molar-refractivity contribution >= 4 is 34.5 Å². The van der Waals surface area contributed by atoms with E-state index in [1.165, 1.54) is 11.3 Å². The van der Waals surface area contributed by atoms with Gasteiger partial charge in [0, 0.05) is 9.90 Å². The van der Waals surface area contributed by atoms with E-state index < -0.39 is 0 Å². The van der Waals surface area contributed by atoms with Gasteiger partial charge >= 0.3 is 0 Å². The maximum absolute atomic E-state index is 8.64. The number of thiophene rings is 1. The Bertz CT molecular complexity index is 434. The molecule has 0 aliphatic carbocycles. The Morgan fingerprint density at radius 3 is 2.00 bits per heavy atom. The van der Waals surface area contributed by atoms with Crippen LogP contribution in [0.1, 0.15) is 24.8 Å². The fraction of sp³-hybridized carbons (Fsp3) is 0.286. The Morgan fingerprint density at radius 2 is 1.68 bits per heavy atom. The molecule has 0 saturated heterocycles. The first-order valence-electron chi connectivity index (χ1n) is 5.95. The average Bonchev–Trinajstić information content (AvgIpc) is 2.88. The minimum atomic E-state index is -0.280. The first-order chi connectivity index (χ1) is 9.13. The molecule has 0 saturated carbocycles. The van der Waals surface area contributed by atoms with E-state index >= 15 is 0 Å². The van der Waals surface area contributed by atoms with E-state index in [1.54, 1.807) is 6.07 Å². The summed E-state index contributed by atoms with van der Waals surface area (Å²) in [6.45, 7) is 3.97. The largest absolute Gasteiger partial charge is 0.394 e. The zero-order valence-corrected chi connectivity index (χ0v) is 13.3. The SMILES string of the molecule is CC.Clc1ccccc1.NC(CO)c1ccc(Cl)s1. The summed E-state index contributed by atoms with van der Waals surface area (Å²) >= 11 is 12.6. The third kappa shape index (κ3) is 8.24. The molecule has 0 fully saturated rings. The maximum Gasteiger partial charge on any atom is 0.0931 e. The Balaban J connectivity index is 0.000000316. The van der Waals surface area contributed by atoms with Crippen LogP contribution in [0.5, 0.6) is 0 Å². The molecular weight excluding hydrogens is 301 g/mol. The van der Waals surface area contributed by atoms with Crippen LogP contribution >= 0.6 is 34.5 Å². The molecule has 5 heteroatoms. The molecule has 1 unspecified atom stereocenters. The zero-order valence-electron chi connectivity index (χ0n) is 11.0. The highest BCUT2D eigenvalue weighted by Gasteiger charge is 2.05. The van der Waals surface area contributed by atoms with Crippen LogP contribution in [0.4, 0.5) is 0 Å². The van der Waals surface area contributed by atoms with Crippen molar-refractivity contribution in [3.63, 3.8) is 0 Å². The van der Waals surface area contributed by atoms with Gasteiger partial charge in [0.25, 0.3) is 0 Å². The molecule has 19 heavy (non-hydrogen) atoms. The van der Waals surface area contributed by atoms with Crippen molar-refractivity contribution in [1.29, 1.82) is 0 Å². The second-order valence-electron chi connectivity index (χ2n) is 3.23. The predicted octanol–water partition coefficient (Wildman–Crippen LogP) is 4.76. The molecule has 0 aliphatic rings. The lowest BCUT2D eigenvalue weighted by atomic mass is 10.3. The average molecular weight is 320 g/mol. The van der Waals surface area contributed by atoms with Crippen molar-refractivity contribution in [1.82, 2.24) is 0 Å². The molecule has 1 heterocycles. The predicted molar refractivity (Wildman–Crippen MR) is 86.1 cm³/mol. The first-order valence-corrected chi connectivity index (χ1v) is 7.53. The highest BCUT2D eigenvalue weighted by atomic mass is 35.5. The van der Waals surface area contributed by atoms with Gasteiger partial charge in [-0.3, -0.25) is 0 Å². The van der Waals surface area contributed by atoms with Gasteiger partial charge in [-0.2, -0.15) is 0 Å². The molecule has 1 aromatic carbocycles. The van der Waals surface area contributed by atoms with Crippen LogP contribution in [0.3, 0.4) is 0 Å². The van der Waals surface area contributed by atoms with Gasteiger partial charge in [0.15, 0.2) is 0 Å². The molecule has 2 rings (SSSR count). The monoisotopic (exact) mass is 319 g/mol. The summed E-state index contributed by atoms with van der Waals surface area (Å²) in [6, 6.07) is 12.8. The van der Waals surface area contributed by atoms with E-state index in [2.05, 4.69) is 0 Å². The van der Waals surface area contributed by atoms with E-state index in [1.807, 2.05) is 50.2 Å². The normalized spacial score (nSPS) is 10.6. The lowest BCUT2D eigenvalue weighted by Gasteiger charge is -2.02. The summed E-state index contributed by atoms with van der Waals surface area (Å²) in [7, 11) is 0. The van der Waals surface area contributed by atoms with Gasteiger partial charge in [0.1, 0.15) is 0 Å². The van der Waals surface area contributed by atoms with Crippen molar-refractivity contribution in [2.75, 3.05) is 6.61 Å². The Labute approximate surface area is 128 Å². The number of benzene rings is 1. The molecule has 0 spiro atoms. The molecule has 3 N–H and O–H groups in total. The summed E-state index contributed by atoms with van der Waals surface area (Å²) < 4.78 is 0.707.